The number of amides is 2. The van der Waals surface area contributed by atoms with Crippen LogP contribution in [0.15, 0.2) is 48.5 Å². The van der Waals surface area contributed by atoms with Crippen molar-refractivity contribution >= 4 is 35.2 Å². The van der Waals surface area contributed by atoms with Gasteiger partial charge in [-0.2, -0.15) is 0 Å². The Hall–Kier alpha value is -2.18. The minimum absolute atomic E-state index is 0.0889. The van der Waals surface area contributed by atoms with Crippen molar-refractivity contribution < 1.29 is 14.3 Å². The molecule has 0 bridgehead atoms. The standard InChI is InChI=1S/C23H29ClN2O3S/c1-4-12-25-23(28)17(2)26(14-18-8-7-10-20(13-18)29-3)22(27)16-30-15-19-9-5-6-11-21(19)24/h5-11,13,17H,4,12,14-16H2,1-3H3,(H,25,28). The van der Waals surface area contributed by atoms with Gasteiger partial charge in [-0.1, -0.05) is 48.9 Å². The van der Waals surface area contributed by atoms with Gasteiger partial charge in [0, 0.05) is 23.9 Å². The molecule has 0 radical (unpaired) electrons. The van der Waals surface area contributed by atoms with E-state index in [4.69, 9.17) is 16.3 Å². The number of hydrogen-bond donors (Lipinski definition) is 1. The summed E-state index contributed by atoms with van der Waals surface area (Å²) >= 11 is 7.70. The van der Waals surface area contributed by atoms with Crippen LogP contribution in [0.3, 0.4) is 0 Å². The first-order valence-electron chi connectivity index (χ1n) is 9.97. The van der Waals surface area contributed by atoms with E-state index in [0.29, 0.717) is 23.9 Å². The molecule has 1 atom stereocenters. The van der Waals surface area contributed by atoms with Crippen LogP contribution in [0.2, 0.25) is 5.02 Å². The molecule has 0 fully saturated rings. The van der Waals surface area contributed by atoms with Crippen LogP contribution in [0.4, 0.5) is 0 Å². The van der Waals surface area contributed by atoms with Gasteiger partial charge in [0.1, 0.15) is 11.8 Å². The SMILES string of the molecule is CCCNC(=O)C(C)N(Cc1cccc(OC)c1)C(=O)CSCc1ccccc1Cl. The largest absolute Gasteiger partial charge is 0.497 e. The fourth-order valence-electron chi connectivity index (χ4n) is 2.89. The quantitative estimate of drug-likeness (QED) is 0.548. The number of nitrogens with zero attached hydrogens (tertiary/aromatic N) is 1. The number of benzene rings is 2. The molecule has 0 aliphatic rings. The van der Waals surface area contributed by atoms with E-state index >= 15 is 0 Å². The normalized spacial score (nSPS) is 11.6. The van der Waals surface area contributed by atoms with Crippen molar-refractivity contribution in [2.75, 3.05) is 19.4 Å². The molecular formula is C23H29ClN2O3S. The average Bonchev–Trinajstić information content (AvgIpc) is 2.76. The zero-order valence-corrected chi connectivity index (χ0v) is 19.3. The number of carbonyl (C=O) groups is 2. The van der Waals surface area contributed by atoms with Crippen molar-refractivity contribution in [2.45, 2.75) is 38.6 Å². The van der Waals surface area contributed by atoms with E-state index in [0.717, 1.165) is 23.3 Å². The molecule has 2 aromatic carbocycles. The van der Waals surface area contributed by atoms with E-state index in [2.05, 4.69) is 5.32 Å². The van der Waals surface area contributed by atoms with E-state index in [1.54, 1.807) is 18.9 Å². The van der Waals surface area contributed by atoms with Crippen LogP contribution in [0, 0.1) is 0 Å². The third-order valence-electron chi connectivity index (χ3n) is 4.64. The number of ether oxygens (including phenoxy) is 1. The van der Waals surface area contributed by atoms with Gasteiger partial charge in [0.25, 0.3) is 0 Å². The van der Waals surface area contributed by atoms with E-state index in [1.807, 2.05) is 55.5 Å². The van der Waals surface area contributed by atoms with Gasteiger partial charge in [0.2, 0.25) is 11.8 Å². The summed E-state index contributed by atoms with van der Waals surface area (Å²) in [6.07, 6.45) is 0.843. The fraction of sp³-hybridized carbons (Fsp3) is 0.391. The first kappa shape index (κ1) is 24.1. The molecule has 0 heterocycles. The van der Waals surface area contributed by atoms with Crippen molar-refractivity contribution in [3.8, 4) is 5.75 Å². The molecule has 0 aliphatic heterocycles. The van der Waals surface area contributed by atoms with Crippen LogP contribution in [0.1, 0.15) is 31.4 Å². The topological polar surface area (TPSA) is 58.6 Å². The lowest BCUT2D eigenvalue weighted by Gasteiger charge is -2.29. The lowest BCUT2D eigenvalue weighted by atomic mass is 10.1. The molecule has 2 aromatic rings. The average molecular weight is 449 g/mol. The Morgan fingerprint density at radius 3 is 2.67 bits per heavy atom. The number of carbonyl (C=O) groups excluding carboxylic acids is 2. The summed E-state index contributed by atoms with van der Waals surface area (Å²) < 4.78 is 5.28. The van der Waals surface area contributed by atoms with Crippen LogP contribution < -0.4 is 10.1 Å². The first-order chi connectivity index (χ1) is 14.5. The highest BCUT2D eigenvalue weighted by molar-refractivity contribution is 7.99. The third kappa shape index (κ3) is 7.26. The zero-order chi connectivity index (χ0) is 21.9. The fourth-order valence-corrected chi connectivity index (χ4v) is 4.09. The molecule has 2 rings (SSSR count). The number of hydrogen-bond acceptors (Lipinski definition) is 4. The second kappa shape index (κ2) is 12.5. The van der Waals surface area contributed by atoms with Crippen LogP contribution in [0.25, 0.3) is 0 Å². The Balaban J connectivity index is 2.09. The highest BCUT2D eigenvalue weighted by Gasteiger charge is 2.26. The molecule has 0 saturated carbocycles. The predicted octanol–water partition coefficient (Wildman–Crippen LogP) is 4.53. The summed E-state index contributed by atoms with van der Waals surface area (Å²) in [5.41, 5.74) is 1.90. The molecule has 1 unspecified atom stereocenters. The molecule has 1 N–H and O–H groups in total. The van der Waals surface area contributed by atoms with Gasteiger partial charge in [-0.25, -0.2) is 0 Å². The van der Waals surface area contributed by atoms with Gasteiger partial charge < -0.3 is 15.0 Å². The van der Waals surface area contributed by atoms with Gasteiger partial charge in [-0.15, -0.1) is 11.8 Å². The van der Waals surface area contributed by atoms with E-state index < -0.39 is 6.04 Å². The highest BCUT2D eigenvalue weighted by Crippen LogP contribution is 2.22. The molecule has 5 nitrogen and oxygen atoms in total. The Bertz CT molecular complexity index is 847. The molecule has 30 heavy (non-hydrogen) atoms. The lowest BCUT2D eigenvalue weighted by molar-refractivity contribution is -0.138. The smallest absolute Gasteiger partial charge is 0.242 e. The van der Waals surface area contributed by atoms with Crippen LogP contribution in [-0.2, 0) is 21.9 Å². The molecule has 0 saturated heterocycles. The van der Waals surface area contributed by atoms with Gasteiger partial charge >= 0.3 is 0 Å². The third-order valence-corrected chi connectivity index (χ3v) is 5.98. The molecule has 0 aromatic heterocycles. The summed E-state index contributed by atoms with van der Waals surface area (Å²) in [7, 11) is 1.61. The number of rotatable bonds is 11. The van der Waals surface area contributed by atoms with Crippen molar-refractivity contribution in [1.29, 1.82) is 0 Å². The van der Waals surface area contributed by atoms with Gasteiger partial charge in [-0.05, 0) is 42.7 Å². The minimum atomic E-state index is -0.573. The minimum Gasteiger partial charge on any atom is -0.497 e. The van der Waals surface area contributed by atoms with E-state index in [1.165, 1.54) is 11.8 Å². The molecule has 0 aliphatic carbocycles. The highest BCUT2D eigenvalue weighted by atomic mass is 35.5. The number of thioether (sulfide) groups is 1. The Labute approximate surface area is 188 Å². The van der Waals surface area contributed by atoms with Crippen molar-refractivity contribution in [1.82, 2.24) is 10.2 Å². The zero-order valence-electron chi connectivity index (χ0n) is 17.7. The molecular weight excluding hydrogens is 420 g/mol. The number of halogens is 1. The van der Waals surface area contributed by atoms with Crippen molar-refractivity contribution in [3.05, 3.63) is 64.7 Å². The van der Waals surface area contributed by atoms with Gasteiger partial charge in [0.15, 0.2) is 0 Å². The monoisotopic (exact) mass is 448 g/mol. The summed E-state index contributed by atoms with van der Waals surface area (Å²) in [5.74, 6) is 1.38. The summed E-state index contributed by atoms with van der Waals surface area (Å²) in [4.78, 5) is 27.2. The maximum absolute atomic E-state index is 13.1. The Kier molecular flexibility index (Phi) is 10.0. The summed E-state index contributed by atoms with van der Waals surface area (Å²) in [6, 6.07) is 14.6. The maximum Gasteiger partial charge on any atom is 0.242 e. The molecule has 162 valence electrons. The van der Waals surface area contributed by atoms with Crippen LogP contribution in [0.5, 0.6) is 5.75 Å². The van der Waals surface area contributed by atoms with Crippen molar-refractivity contribution in [3.63, 3.8) is 0 Å². The Morgan fingerprint density at radius 2 is 1.97 bits per heavy atom. The van der Waals surface area contributed by atoms with E-state index in [9.17, 15) is 9.59 Å². The summed E-state index contributed by atoms with van der Waals surface area (Å²) in [5, 5.41) is 3.58. The second-order valence-corrected chi connectivity index (χ2v) is 8.32. The van der Waals surface area contributed by atoms with Crippen LogP contribution in [-0.4, -0.2) is 42.2 Å². The lowest BCUT2D eigenvalue weighted by Crippen LogP contribution is -2.48. The molecule has 7 heteroatoms. The van der Waals surface area contributed by atoms with Crippen molar-refractivity contribution in [2.24, 2.45) is 0 Å². The number of nitrogens with one attached hydrogen (secondary N) is 1. The van der Waals surface area contributed by atoms with Gasteiger partial charge in [0.05, 0.1) is 12.9 Å². The second-order valence-electron chi connectivity index (χ2n) is 6.92. The first-order valence-corrected chi connectivity index (χ1v) is 11.5. The maximum atomic E-state index is 13.1. The Morgan fingerprint density at radius 1 is 1.20 bits per heavy atom. The summed E-state index contributed by atoms with van der Waals surface area (Å²) in [6.45, 7) is 4.69. The molecule has 0 spiro atoms. The predicted molar refractivity (Wildman–Crippen MR) is 124 cm³/mol. The van der Waals surface area contributed by atoms with Crippen LogP contribution >= 0.6 is 23.4 Å². The van der Waals surface area contributed by atoms with Gasteiger partial charge in [-0.3, -0.25) is 9.59 Å². The molecule has 2 amide bonds. The van der Waals surface area contributed by atoms with E-state index in [-0.39, 0.29) is 17.6 Å². The number of methoxy groups -OCH3 is 1.